The zero-order chi connectivity index (χ0) is 14.5. The van der Waals surface area contributed by atoms with Crippen LogP contribution >= 0.6 is 15.9 Å². The fourth-order valence-electron chi connectivity index (χ4n) is 1.23. The Morgan fingerprint density at radius 3 is 2.42 bits per heavy atom. The van der Waals surface area contributed by atoms with E-state index in [2.05, 4.69) is 26.0 Å². The van der Waals surface area contributed by atoms with Gasteiger partial charge in [-0.1, -0.05) is 22.9 Å². The first-order valence-electron chi connectivity index (χ1n) is 5.52. The zero-order valence-electron chi connectivity index (χ0n) is 10.1. The Bertz CT molecular complexity index is 420. The van der Waals surface area contributed by atoms with Gasteiger partial charge < -0.3 is 10.1 Å². The fourth-order valence-corrected chi connectivity index (χ4v) is 1.46. The maximum absolute atomic E-state index is 11.9. The van der Waals surface area contributed by atoms with Crippen LogP contribution in [0.5, 0.6) is 5.75 Å². The molecule has 0 radical (unpaired) electrons. The molecule has 0 aliphatic rings. The molecule has 7 heteroatoms. The van der Waals surface area contributed by atoms with Gasteiger partial charge in [-0.25, -0.2) is 0 Å². The van der Waals surface area contributed by atoms with Crippen molar-refractivity contribution in [1.29, 1.82) is 0 Å². The Morgan fingerprint density at radius 1 is 1.37 bits per heavy atom. The number of amides is 1. The van der Waals surface area contributed by atoms with E-state index in [0.29, 0.717) is 6.54 Å². The minimum Gasteiger partial charge on any atom is -0.406 e. The van der Waals surface area contributed by atoms with Crippen molar-refractivity contribution in [2.45, 2.75) is 13.3 Å². The van der Waals surface area contributed by atoms with Crippen molar-refractivity contribution in [2.75, 3.05) is 11.9 Å². The topological polar surface area (TPSA) is 38.3 Å². The average molecular weight is 340 g/mol. The van der Waals surface area contributed by atoms with Crippen LogP contribution < -0.4 is 10.1 Å². The maximum Gasteiger partial charge on any atom is 0.573 e. The highest BCUT2D eigenvalue weighted by molar-refractivity contribution is 9.09. The summed E-state index contributed by atoms with van der Waals surface area (Å²) in [6, 6.07) is 4.79. The van der Waals surface area contributed by atoms with Gasteiger partial charge in [-0.3, -0.25) is 4.79 Å². The van der Waals surface area contributed by atoms with Crippen LogP contribution in [0.2, 0.25) is 0 Å². The molecule has 3 nitrogen and oxygen atoms in total. The van der Waals surface area contributed by atoms with Gasteiger partial charge >= 0.3 is 6.36 Å². The van der Waals surface area contributed by atoms with Gasteiger partial charge in [0.15, 0.2) is 0 Å². The van der Waals surface area contributed by atoms with E-state index >= 15 is 0 Å². The summed E-state index contributed by atoms with van der Waals surface area (Å²) in [5, 5.41) is 3.44. The number of carbonyl (C=O) groups is 1. The smallest absolute Gasteiger partial charge is 0.406 e. The molecule has 106 valence electrons. The largest absolute Gasteiger partial charge is 0.573 e. The molecular formula is C12H13BrF3NO2. The summed E-state index contributed by atoms with van der Waals surface area (Å²) in [5.74, 6) is -0.402. The lowest BCUT2D eigenvalue weighted by atomic mass is 10.2. The molecule has 0 saturated heterocycles. The Balaban J connectivity index is 2.58. The summed E-state index contributed by atoms with van der Waals surface area (Å²) in [5.41, 5.74) is 0.288. The Morgan fingerprint density at radius 2 is 1.95 bits per heavy atom. The van der Waals surface area contributed by atoms with Gasteiger partial charge in [-0.15, -0.1) is 13.2 Å². The van der Waals surface area contributed by atoms with E-state index in [4.69, 9.17) is 0 Å². The summed E-state index contributed by atoms with van der Waals surface area (Å²) in [6.07, 6.45) is -4.73. The quantitative estimate of drug-likeness (QED) is 0.835. The number of ether oxygens (including phenoxy) is 1. The van der Waals surface area contributed by atoms with Gasteiger partial charge in [-0.05, 0) is 30.2 Å². The SMILES string of the molecule is CC(CBr)CNC(=O)c1ccc(OC(F)(F)F)cc1. The Kier molecular flexibility index (Phi) is 5.65. The highest BCUT2D eigenvalue weighted by atomic mass is 79.9. The number of rotatable bonds is 5. The zero-order valence-corrected chi connectivity index (χ0v) is 11.7. The van der Waals surface area contributed by atoms with Crippen molar-refractivity contribution in [3.63, 3.8) is 0 Å². The molecule has 1 amide bonds. The van der Waals surface area contributed by atoms with Crippen LogP contribution in [0.3, 0.4) is 0 Å². The number of benzene rings is 1. The summed E-state index contributed by atoms with van der Waals surface area (Å²) in [6.45, 7) is 2.44. The third-order valence-electron chi connectivity index (χ3n) is 2.22. The first kappa shape index (κ1) is 15.8. The first-order valence-corrected chi connectivity index (χ1v) is 6.64. The minimum atomic E-state index is -4.73. The monoisotopic (exact) mass is 339 g/mol. The molecule has 1 atom stereocenters. The predicted molar refractivity (Wildman–Crippen MR) is 68.4 cm³/mol. The van der Waals surface area contributed by atoms with Crippen LogP contribution in [0.15, 0.2) is 24.3 Å². The highest BCUT2D eigenvalue weighted by Crippen LogP contribution is 2.22. The van der Waals surface area contributed by atoms with Crippen LogP contribution in [0, 0.1) is 5.92 Å². The van der Waals surface area contributed by atoms with Gasteiger partial charge in [0.25, 0.3) is 5.91 Å². The molecule has 1 aromatic rings. The number of hydrogen-bond acceptors (Lipinski definition) is 2. The number of halogens is 4. The summed E-state index contributed by atoms with van der Waals surface area (Å²) in [4.78, 5) is 11.7. The predicted octanol–water partition coefficient (Wildman–Crippen LogP) is 3.35. The fraction of sp³-hybridized carbons (Fsp3) is 0.417. The molecule has 0 bridgehead atoms. The number of carbonyl (C=O) groups excluding carboxylic acids is 1. The van der Waals surface area contributed by atoms with E-state index in [-0.39, 0.29) is 23.1 Å². The lowest BCUT2D eigenvalue weighted by Gasteiger charge is -2.11. The second kappa shape index (κ2) is 6.79. The standard InChI is InChI=1S/C12H13BrF3NO2/c1-8(6-13)7-17-11(18)9-2-4-10(5-3-9)19-12(14,15)16/h2-5,8H,6-7H2,1H3,(H,17,18). The third kappa shape index (κ3) is 5.96. The summed E-state index contributed by atoms with van der Waals surface area (Å²) < 4.78 is 39.5. The normalized spacial score (nSPS) is 12.9. The third-order valence-corrected chi connectivity index (χ3v) is 3.33. The van der Waals surface area contributed by atoms with E-state index in [1.54, 1.807) is 0 Å². The molecule has 0 aliphatic heterocycles. The van der Waals surface area contributed by atoms with Gasteiger partial charge in [0, 0.05) is 17.4 Å². The molecule has 1 unspecified atom stereocenters. The van der Waals surface area contributed by atoms with Gasteiger partial charge in [0.1, 0.15) is 5.75 Å². The van der Waals surface area contributed by atoms with Crippen LogP contribution in [-0.4, -0.2) is 24.1 Å². The molecule has 1 N–H and O–H groups in total. The van der Waals surface area contributed by atoms with Crippen LogP contribution in [0.25, 0.3) is 0 Å². The van der Waals surface area contributed by atoms with Crippen molar-refractivity contribution >= 4 is 21.8 Å². The lowest BCUT2D eigenvalue weighted by molar-refractivity contribution is -0.274. The molecule has 0 fully saturated rings. The second-order valence-electron chi connectivity index (χ2n) is 4.04. The van der Waals surface area contributed by atoms with Crippen LogP contribution in [0.4, 0.5) is 13.2 Å². The van der Waals surface area contributed by atoms with Crippen molar-refractivity contribution < 1.29 is 22.7 Å². The van der Waals surface area contributed by atoms with Crippen molar-refractivity contribution in [1.82, 2.24) is 5.32 Å². The van der Waals surface area contributed by atoms with Crippen molar-refractivity contribution in [2.24, 2.45) is 5.92 Å². The van der Waals surface area contributed by atoms with Crippen LogP contribution in [0.1, 0.15) is 17.3 Å². The number of alkyl halides is 4. The maximum atomic E-state index is 11.9. The first-order chi connectivity index (χ1) is 8.81. The molecule has 0 aliphatic carbocycles. The number of nitrogens with one attached hydrogen (secondary N) is 1. The summed E-state index contributed by atoms with van der Waals surface area (Å²) >= 11 is 3.28. The van der Waals surface area contributed by atoms with Crippen molar-refractivity contribution in [3.8, 4) is 5.75 Å². The molecule has 0 saturated carbocycles. The average Bonchev–Trinajstić information content (AvgIpc) is 2.34. The molecule has 0 heterocycles. The highest BCUT2D eigenvalue weighted by Gasteiger charge is 2.31. The lowest BCUT2D eigenvalue weighted by Crippen LogP contribution is -2.28. The van der Waals surface area contributed by atoms with Gasteiger partial charge in [-0.2, -0.15) is 0 Å². The Labute approximate surface area is 117 Å². The minimum absolute atomic E-state index is 0.275. The molecule has 1 rings (SSSR count). The molecule has 19 heavy (non-hydrogen) atoms. The molecule has 1 aromatic carbocycles. The van der Waals surface area contributed by atoms with E-state index in [1.807, 2.05) is 6.92 Å². The Hall–Kier alpha value is -1.24. The summed E-state index contributed by atoms with van der Waals surface area (Å²) in [7, 11) is 0. The second-order valence-corrected chi connectivity index (χ2v) is 4.69. The van der Waals surface area contributed by atoms with E-state index in [9.17, 15) is 18.0 Å². The van der Waals surface area contributed by atoms with E-state index in [0.717, 1.165) is 17.5 Å². The molecule has 0 aromatic heterocycles. The van der Waals surface area contributed by atoms with Crippen molar-refractivity contribution in [3.05, 3.63) is 29.8 Å². The van der Waals surface area contributed by atoms with Gasteiger partial charge in [0.2, 0.25) is 0 Å². The van der Waals surface area contributed by atoms with Gasteiger partial charge in [0.05, 0.1) is 0 Å². The number of hydrogen-bond donors (Lipinski definition) is 1. The van der Waals surface area contributed by atoms with Crippen LogP contribution in [-0.2, 0) is 0 Å². The van der Waals surface area contributed by atoms with E-state index < -0.39 is 6.36 Å². The van der Waals surface area contributed by atoms with E-state index in [1.165, 1.54) is 12.1 Å². The molecule has 0 spiro atoms. The molecular weight excluding hydrogens is 327 g/mol.